The highest BCUT2D eigenvalue weighted by Crippen LogP contribution is 2.32. The highest BCUT2D eigenvalue weighted by Gasteiger charge is 2.32. The number of hydrogen-bond donors (Lipinski definition) is 1. The summed E-state index contributed by atoms with van der Waals surface area (Å²) in [5, 5.41) is 14.5. The van der Waals surface area contributed by atoms with Gasteiger partial charge in [-0.3, -0.25) is 14.7 Å². The van der Waals surface area contributed by atoms with Crippen LogP contribution in [0, 0.1) is 11.8 Å². The van der Waals surface area contributed by atoms with Crippen molar-refractivity contribution in [2.45, 2.75) is 32.6 Å². The summed E-state index contributed by atoms with van der Waals surface area (Å²) in [4.78, 5) is 31.5. The Balaban J connectivity index is 1.45. The number of carboxylic acid groups (broad SMARTS) is 1. The standard InChI is InChI=1S/C28H30N4O5/c1-18-5-7-20(8-6-18)27(33)31(14-15-36-2)26-22(28(34)35)17-32(30-26)21-11-9-19(10-12-21)25-16-23-24(37-25)4-3-13-29-23/h3-4,9-13,16-18,20H,5-8,14-15H2,1-2H3,(H,34,35). The van der Waals surface area contributed by atoms with Crippen LogP contribution >= 0.6 is 0 Å². The van der Waals surface area contributed by atoms with E-state index in [4.69, 9.17) is 9.15 Å². The molecule has 0 bridgehead atoms. The first-order chi connectivity index (χ1) is 17.9. The second-order valence-electron chi connectivity index (χ2n) is 9.60. The fourth-order valence-corrected chi connectivity index (χ4v) is 4.87. The van der Waals surface area contributed by atoms with Crippen molar-refractivity contribution in [2.75, 3.05) is 25.2 Å². The second-order valence-corrected chi connectivity index (χ2v) is 9.60. The summed E-state index contributed by atoms with van der Waals surface area (Å²) in [6.45, 7) is 2.71. The van der Waals surface area contributed by atoms with Crippen LogP contribution < -0.4 is 4.90 Å². The number of aromatic carboxylic acids is 1. The summed E-state index contributed by atoms with van der Waals surface area (Å²) in [5.41, 5.74) is 2.98. The number of furan rings is 1. The first-order valence-electron chi connectivity index (χ1n) is 12.5. The molecular formula is C28H30N4O5. The molecule has 0 unspecified atom stereocenters. The number of methoxy groups -OCH3 is 1. The third-order valence-corrected chi connectivity index (χ3v) is 7.03. The van der Waals surface area contributed by atoms with Crippen molar-refractivity contribution in [1.29, 1.82) is 0 Å². The number of nitrogens with zero attached hydrogens (tertiary/aromatic N) is 4. The summed E-state index contributed by atoms with van der Waals surface area (Å²) in [6, 6.07) is 13.0. The Labute approximate surface area is 214 Å². The fraction of sp³-hybridized carbons (Fsp3) is 0.357. The summed E-state index contributed by atoms with van der Waals surface area (Å²) >= 11 is 0. The van der Waals surface area contributed by atoms with Gasteiger partial charge in [-0.1, -0.05) is 6.92 Å². The van der Waals surface area contributed by atoms with E-state index >= 15 is 0 Å². The molecule has 1 saturated carbocycles. The van der Waals surface area contributed by atoms with E-state index in [2.05, 4.69) is 17.0 Å². The van der Waals surface area contributed by atoms with Crippen molar-refractivity contribution in [2.24, 2.45) is 11.8 Å². The number of carboxylic acids is 1. The van der Waals surface area contributed by atoms with Gasteiger partial charge in [0.25, 0.3) is 0 Å². The van der Waals surface area contributed by atoms with Gasteiger partial charge in [-0.25, -0.2) is 9.48 Å². The van der Waals surface area contributed by atoms with Gasteiger partial charge in [-0.2, -0.15) is 0 Å². The zero-order chi connectivity index (χ0) is 25.9. The van der Waals surface area contributed by atoms with Gasteiger partial charge < -0.3 is 14.3 Å². The molecule has 4 aromatic rings. The van der Waals surface area contributed by atoms with Crippen molar-refractivity contribution >= 4 is 28.8 Å². The molecule has 37 heavy (non-hydrogen) atoms. The van der Waals surface area contributed by atoms with Gasteiger partial charge >= 0.3 is 5.97 Å². The predicted octanol–water partition coefficient (Wildman–Crippen LogP) is 5.18. The number of ether oxygens (including phenoxy) is 1. The molecule has 1 aliphatic rings. The molecule has 192 valence electrons. The molecule has 9 heteroatoms. The number of benzene rings is 1. The van der Waals surface area contributed by atoms with Gasteiger partial charge in [-0.15, -0.1) is 5.10 Å². The van der Waals surface area contributed by atoms with Crippen molar-refractivity contribution in [1.82, 2.24) is 14.8 Å². The maximum atomic E-state index is 13.5. The Morgan fingerprint density at radius 3 is 2.59 bits per heavy atom. The average Bonchev–Trinajstić information content (AvgIpc) is 3.55. The van der Waals surface area contributed by atoms with Crippen molar-refractivity contribution in [3.63, 3.8) is 0 Å². The predicted molar refractivity (Wildman–Crippen MR) is 139 cm³/mol. The summed E-state index contributed by atoms with van der Waals surface area (Å²) in [6.07, 6.45) is 6.74. The number of fused-ring (bicyclic) bond motifs is 1. The maximum Gasteiger partial charge on any atom is 0.341 e. The molecule has 0 saturated heterocycles. The molecule has 5 rings (SSSR count). The van der Waals surface area contributed by atoms with Crippen molar-refractivity contribution in [3.8, 4) is 17.0 Å². The molecule has 0 radical (unpaired) electrons. The molecule has 0 aliphatic heterocycles. The van der Waals surface area contributed by atoms with Crippen LogP contribution in [0.15, 0.2) is 59.3 Å². The molecule has 0 spiro atoms. The monoisotopic (exact) mass is 502 g/mol. The van der Waals surface area contributed by atoms with Crippen LogP contribution in [0.3, 0.4) is 0 Å². The van der Waals surface area contributed by atoms with Gasteiger partial charge in [0, 0.05) is 37.1 Å². The largest absolute Gasteiger partial charge is 0.477 e. The minimum absolute atomic E-state index is 0.0268. The Morgan fingerprint density at radius 2 is 1.92 bits per heavy atom. The van der Waals surface area contributed by atoms with Crippen LogP contribution in [-0.2, 0) is 9.53 Å². The third kappa shape index (κ3) is 5.13. The van der Waals surface area contributed by atoms with E-state index in [0.29, 0.717) is 22.9 Å². The van der Waals surface area contributed by atoms with Gasteiger partial charge in [-0.05, 0) is 68.0 Å². The number of rotatable bonds is 8. The topological polar surface area (TPSA) is 111 Å². The van der Waals surface area contributed by atoms with Gasteiger partial charge in [0.15, 0.2) is 11.4 Å². The Kier molecular flexibility index (Phi) is 7.05. The van der Waals surface area contributed by atoms with E-state index < -0.39 is 5.97 Å². The summed E-state index contributed by atoms with van der Waals surface area (Å²) < 4.78 is 12.6. The lowest BCUT2D eigenvalue weighted by molar-refractivity contribution is -0.123. The van der Waals surface area contributed by atoms with Crippen LogP contribution in [0.1, 0.15) is 43.0 Å². The van der Waals surface area contributed by atoms with E-state index in [9.17, 15) is 14.7 Å². The van der Waals surface area contributed by atoms with Crippen LogP contribution in [0.25, 0.3) is 28.1 Å². The third-order valence-electron chi connectivity index (χ3n) is 7.03. The van der Waals surface area contributed by atoms with E-state index in [-0.39, 0.29) is 36.4 Å². The highest BCUT2D eigenvalue weighted by molar-refractivity contribution is 6.01. The zero-order valence-electron chi connectivity index (χ0n) is 21.0. The van der Waals surface area contributed by atoms with Crippen molar-refractivity contribution < 1.29 is 23.8 Å². The first kappa shape index (κ1) is 24.7. The highest BCUT2D eigenvalue weighted by atomic mass is 16.5. The maximum absolute atomic E-state index is 13.5. The molecule has 1 fully saturated rings. The van der Waals surface area contributed by atoms with E-state index in [1.165, 1.54) is 15.8 Å². The lowest BCUT2D eigenvalue weighted by atomic mass is 9.82. The molecule has 1 aromatic carbocycles. The molecule has 3 heterocycles. The van der Waals surface area contributed by atoms with Gasteiger partial charge in [0.05, 0.1) is 18.8 Å². The minimum atomic E-state index is -1.14. The number of pyridine rings is 1. The fourth-order valence-electron chi connectivity index (χ4n) is 4.87. The normalized spacial score (nSPS) is 17.7. The second kappa shape index (κ2) is 10.6. The van der Waals surface area contributed by atoms with Crippen LogP contribution in [0.2, 0.25) is 0 Å². The number of anilines is 1. The number of aromatic nitrogens is 3. The molecular weight excluding hydrogens is 472 g/mol. The number of carbonyl (C=O) groups is 2. The average molecular weight is 503 g/mol. The zero-order valence-corrected chi connectivity index (χ0v) is 21.0. The Morgan fingerprint density at radius 1 is 1.16 bits per heavy atom. The molecule has 0 atom stereocenters. The van der Waals surface area contributed by atoms with Gasteiger partial charge in [0.1, 0.15) is 16.8 Å². The smallest absolute Gasteiger partial charge is 0.341 e. The molecule has 1 aliphatic carbocycles. The lowest BCUT2D eigenvalue weighted by Crippen LogP contribution is -2.40. The quantitative estimate of drug-likeness (QED) is 0.353. The molecule has 1 N–H and O–H groups in total. The van der Waals surface area contributed by atoms with Crippen LogP contribution in [-0.4, -0.2) is 52.0 Å². The first-order valence-corrected chi connectivity index (χ1v) is 12.5. The molecule has 3 aromatic heterocycles. The van der Waals surface area contributed by atoms with Crippen molar-refractivity contribution in [3.05, 3.63) is 60.4 Å². The molecule has 1 amide bonds. The van der Waals surface area contributed by atoms with E-state index in [1.54, 1.807) is 13.3 Å². The summed E-state index contributed by atoms with van der Waals surface area (Å²) in [7, 11) is 1.56. The number of carbonyl (C=O) groups excluding carboxylic acids is 1. The van der Waals surface area contributed by atoms with E-state index in [1.807, 2.05) is 42.5 Å². The Bertz CT molecular complexity index is 1370. The minimum Gasteiger partial charge on any atom is -0.477 e. The van der Waals surface area contributed by atoms with Crippen LogP contribution in [0.4, 0.5) is 5.82 Å². The Hall–Kier alpha value is -3.98. The van der Waals surface area contributed by atoms with Crippen LogP contribution in [0.5, 0.6) is 0 Å². The SMILES string of the molecule is COCCN(C(=O)C1CCC(C)CC1)c1nn(-c2ccc(-c3cc4ncccc4o3)cc2)cc1C(=O)O. The lowest BCUT2D eigenvalue weighted by Gasteiger charge is -2.30. The summed E-state index contributed by atoms with van der Waals surface area (Å²) in [5.74, 6) is 0.0542. The van der Waals surface area contributed by atoms with Gasteiger partial charge in [0.2, 0.25) is 5.91 Å². The number of amides is 1. The van der Waals surface area contributed by atoms with E-state index in [0.717, 1.165) is 36.8 Å². The number of hydrogen-bond acceptors (Lipinski definition) is 6. The molecule has 9 nitrogen and oxygen atoms in total.